The standard InChI is InChI=1S/3C22H24N.2C21H22N/c1-15-13-22(23(5)14-18(15)4)21-12-16(2)20(11-17(21)3)19-9-7-6-8-10-19;2*1-15-12-22(23(5)14-18(15)4)21-13-20(16(2)11-17(21)3)19-9-7-6-8-10-19;2*1-15-10-11-21(22(4)14-15)20-13-19(16(2)12-17(20)3)18-8-6-5-7-9-18/h3*6-14H,1-5H3;2*5-14H,1-4H3/q5*+1/i;2D3,4D3;;1D3,2D3;. The lowest BCUT2D eigenvalue weighted by molar-refractivity contribution is -0.660. The monoisotopic (exact) mass is 1490 g/mol. The number of hydrogen-bond donors (Lipinski definition) is 0. The molecule has 0 radical (unpaired) electrons. The van der Waals surface area contributed by atoms with E-state index in [1.807, 2.05) is 99.8 Å². The smallest absolute Gasteiger partial charge is 0.201 e. The van der Waals surface area contributed by atoms with Gasteiger partial charge in [0, 0.05) is 102 Å². The van der Waals surface area contributed by atoms with Crippen LogP contribution in [0.2, 0.25) is 0 Å². The van der Waals surface area contributed by atoms with Crippen LogP contribution in [0.1, 0.15) is 117 Å². The van der Waals surface area contributed by atoms with E-state index < -0.39 is 27.4 Å². The van der Waals surface area contributed by atoms with Gasteiger partial charge in [-0.05, 0) is 295 Å². The van der Waals surface area contributed by atoms with Gasteiger partial charge in [-0.15, -0.1) is 0 Å². The zero-order valence-electron chi connectivity index (χ0n) is 81.4. The lowest BCUT2D eigenvalue weighted by Gasteiger charge is -2.12. The summed E-state index contributed by atoms with van der Waals surface area (Å²) in [5, 5.41) is 0. The summed E-state index contributed by atoms with van der Waals surface area (Å²) >= 11 is 0. The summed E-state index contributed by atoms with van der Waals surface area (Å²) in [4.78, 5) is 0. The van der Waals surface area contributed by atoms with Crippen LogP contribution in [0, 0.1) is 124 Å². The SMILES string of the molecule is Cc1cc(-c2cc(-c3ccccc3)c(C)cc2C)[n+](C)cc1C.Cc1cc(-c2cc(C)c(-c3ccccc3)cc2C)[n+](C)cc1C.Cc1ccc(-c2cc(-c3ccccc3)c(C)cc2C)[n+](C)c1.[2H]C([2H])([2H])c1c[n+](C)c(-c2cc(-c3ccccc3)c(C([2H])([2H])[2H])cc2C)cc1C.[2H]C([2H])([2H])c1ccc(-c2cc(-c3ccccc3)c(C([2H])([2H])[2H])cc2C)[n+](C)c1. The Labute approximate surface area is 693 Å². The van der Waals surface area contributed by atoms with Gasteiger partial charge in [0.2, 0.25) is 28.5 Å². The van der Waals surface area contributed by atoms with Crippen molar-refractivity contribution < 1.29 is 39.3 Å². The van der Waals surface area contributed by atoms with Gasteiger partial charge in [-0.2, -0.15) is 0 Å². The van der Waals surface area contributed by atoms with Gasteiger partial charge in [-0.3, -0.25) is 0 Å². The molecule has 5 heteroatoms. The van der Waals surface area contributed by atoms with E-state index in [1.165, 1.54) is 128 Å². The zero-order chi connectivity index (χ0) is 91.1. The van der Waals surface area contributed by atoms with Crippen LogP contribution in [0.4, 0.5) is 0 Å². The van der Waals surface area contributed by atoms with E-state index in [4.69, 9.17) is 16.4 Å². The van der Waals surface area contributed by atoms with Gasteiger partial charge in [0.05, 0.1) is 0 Å². The molecule has 0 bridgehead atoms. The largest absolute Gasteiger partial charge is 0.212 e. The van der Waals surface area contributed by atoms with E-state index in [0.717, 1.165) is 44.8 Å². The molecule has 0 N–H and O–H groups in total. The minimum atomic E-state index is -2.24. The summed E-state index contributed by atoms with van der Waals surface area (Å²) in [6.07, 6.45) is 9.84. The molecule has 0 fully saturated rings. The van der Waals surface area contributed by atoms with E-state index in [1.54, 1.807) is 59.8 Å². The maximum atomic E-state index is 7.97. The molecule has 0 spiro atoms. The Kier molecular flexibility index (Phi) is 21.5. The average molecular weight is 1500 g/mol. The Morgan fingerprint density at radius 3 is 0.726 bits per heavy atom. The highest BCUT2D eigenvalue weighted by atomic mass is 14.9. The molecule has 113 heavy (non-hydrogen) atoms. The van der Waals surface area contributed by atoms with Crippen molar-refractivity contribution in [2.24, 2.45) is 35.2 Å². The Balaban J connectivity index is 0.000000152. The molecule has 0 aliphatic carbocycles. The van der Waals surface area contributed by atoms with Crippen molar-refractivity contribution in [1.29, 1.82) is 0 Å². The maximum Gasteiger partial charge on any atom is 0.212 e. The number of aromatic nitrogens is 5. The minimum absolute atomic E-state index is 0.263. The van der Waals surface area contributed by atoms with Crippen molar-refractivity contribution in [3.05, 3.63) is 386 Å². The molecule has 0 saturated carbocycles. The number of pyridine rings is 5. The minimum Gasteiger partial charge on any atom is -0.201 e. The quantitative estimate of drug-likeness (QED) is 0.122. The van der Waals surface area contributed by atoms with Crippen molar-refractivity contribution in [2.75, 3.05) is 0 Å². The molecular formula is C108H116N5+5. The second-order valence-corrected chi connectivity index (χ2v) is 30.5. The van der Waals surface area contributed by atoms with Gasteiger partial charge in [0.15, 0.2) is 31.0 Å². The first-order valence-corrected chi connectivity index (χ1v) is 38.7. The van der Waals surface area contributed by atoms with E-state index in [2.05, 4.69) is 281 Å². The molecular weight excluding hydrogens is 1370 g/mol. The molecule has 0 saturated heterocycles. The van der Waals surface area contributed by atoms with Gasteiger partial charge in [-0.25, -0.2) is 22.8 Å². The van der Waals surface area contributed by atoms with Gasteiger partial charge >= 0.3 is 0 Å². The molecule has 0 unspecified atom stereocenters. The van der Waals surface area contributed by atoms with Crippen molar-refractivity contribution in [3.63, 3.8) is 0 Å². The second kappa shape index (κ2) is 36.4. The van der Waals surface area contributed by atoms with Crippen LogP contribution in [0.25, 0.3) is 112 Å². The molecule has 15 aromatic rings. The molecule has 0 aliphatic heterocycles. The average Bonchev–Trinajstić information content (AvgIpc) is 0.771. The van der Waals surface area contributed by atoms with Crippen molar-refractivity contribution in [3.8, 4) is 112 Å². The van der Waals surface area contributed by atoms with Crippen LogP contribution in [-0.4, -0.2) is 0 Å². The molecule has 568 valence electrons. The maximum absolute atomic E-state index is 7.97. The number of rotatable bonds is 10. The zero-order valence-corrected chi connectivity index (χ0v) is 69.4. The fourth-order valence-corrected chi connectivity index (χ4v) is 15.0. The molecule has 0 amide bonds. The number of nitrogens with zero attached hydrogens (tertiary/aromatic N) is 5. The van der Waals surface area contributed by atoms with Crippen LogP contribution in [0.15, 0.2) is 286 Å². The summed E-state index contributed by atoms with van der Waals surface area (Å²) in [7, 11) is 9.97. The number of hydrogen-bond acceptors (Lipinski definition) is 0. The summed E-state index contributed by atoms with van der Waals surface area (Å²) in [5.74, 6) is 0. The van der Waals surface area contributed by atoms with Crippen molar-refractivity contribution in [2.45, 2.75) is 124 Å². The van der Waals surface area contributed by atoms with Gasteiger partial charge < -0.3 is 0 Å². The van der Waals surface area contributed by atoms with Crippen LogP contribution in [0.5, 0.6) is 0 Å². The fourth-order valence-electron chi connectivity index (χ4n) is 15.0. The van der Waals surface area contributed by atoms with Crippen molar-refractivity contribution >= 4 is 0 Å². The molecule has 5 nitrogen and oxygen atoms in total. The van der Waals surface area contributed by atoms with Crippen LogP contribution in [0.3, 0.4) is 0 Å². The molecule has 5 aromatic heterocycles. The highest BCUT2D eigenvalue weighted by Gasteiger charge is 2.23. The number of benzene rings is 10. The van der Waals surface area contributed by atoms with Crippen LogP contribution in [-0.2, 0) is 35.2 Å². The number of aryl methyl sites for hydroxylation is 23. The predicted octanol–water partition coefficient (Wildman–Crippen LogP) is 24.8. The normalized spacial score (nSPS) is 12.8. The first kappa shape index (κ1) is 66.7. The third kappa shape index (κ3) is 19.5. The lowest BCUT2D eigenvalue weighted by Crippen LogP contribution is -2.31. The predicted molar refractivity (Wildman–Crippen MR) is 478 cm³/mol. The Hall–Kier alpha value is -12.1. The van der Waals surface area contributed by atoms with Crippen LogP contribution >= 0.6 is 0 Å². The Morgan fingerprint density at radius 2 is 0.398 bits per heavy atom. The molecule has 5 heterocycles. The lowest BCUT2D eigenvalue weighted by atomic mass is 9.93. The van der Waals surface area contributed by atoms with E-state index >= 15 is 0 Å². The third-order valence-electron chi connectivity index (χ3n) is 21.6. The fraction of sp³-hybridized carbons (Fsp3) is 0.213. The van der Waals surface area contributed by atoms with Gasteiger partial charge in [0.25, 0.3) is 0 Å². The molecule has 0 aliphatic rings. The Morgan fingerprint density at radius 1 is 0.168 bits per heavy atom. The first-order chi connectivity index (χ1) is 58.9. The molecule has 10 aromatic carbocycles. The summed E-state index contributed by atoms with van der Waals surface area (Å²) in [6, 6.07) is 86.0. The van der Waals surface area contributed by atoms with Gasteiger partial charge in [-0.1, -0.05) is 182 Å². The Bertz CT molecular complexity index is 6410. The summed E-state index contributed by atoms with van der Waals surface area (Å²) in [5.41, 5.74) is 39.9. The second-order valence-electron chi connectivity index (χ2n) is 30.5. The summed E-state index contributed by atoms with van der Waals surface area (Å²) < 4.78 is 104. The highest BCUT2D eigenvalue weighted by Crippen LogP contribution is 2.37. The highest BCUT2D eigenvalue weighted by molar-refractivity contribution is 5.80. The van der Waals surface area contributed by atoms with Gasteiger partial charge in [0.1, 0.15) is 35.2 Å². The topological polar surface area (TPSA) is 19.4 Å². The molecule has 15 rings (SSSR count). The van der Waals surface area contributed by atoms with E-state index in [0.29, 0.717) is 33.4 Å². The molecule has 0 atom stereocenters. The first-order valence-electron chi connectivity index (χ1n) is 44.7. The van der Waals surface area contributed by atoms with E-state index in [-0.39, 0.29) is 5.56 Å². The van der Waals surface area contributed by atoms with Crippen LogP contribution < -0.4 is 22.8 Å². The third-order valence-corrected chi connectivity index (χ3v) is 21.6. The van der Waals surface area contributed by atoms with Crippen molar-refractivity contribution in [1.82, 2.24) is 0 Å². The summed E-state index contributed by atoms with van der Waals surface area (Å²) in [6.45, 7) is 20.7. The van der Waals surface area contributed by atoms with E-state index in [9.17, 15) is 0 Å².